The molecule has 0 amide bonds. The van der Waals surface area contributed by atoms with Gasteiger partial charge >= 0.3 is 0 Å². The molecular formula is C9H15NO. The third kappa shape index (κ3) is 1.20. The second kappa shape index (κ2) is 2.07. The Kier molecular flexibility index (Phi) is 1.37. The van der Waals surface area contributed by atoms with Crippen molar-refractivity contribution in [2.45, 2.75) is 38.1 Å². The lowest BCUT2D eigenvalue weighted by Gasteiger charge is -2.22. The zero-order valence-electron chi connectivity index (χ0n) is 6.97. The fraction of sp³-hybridized carbons (Fsp3) is 0.889. The van der Waals surface area contributed by atoms with Gasteiger partial charge in [0.1, 0.15) is 0 Å². The number of hydrogen-bond acceptors (Lipinski definition) is 2. The molecule has 0 bridgehead atoms. The number of ketones is 1. The zero-order chi connectivity index (χ0) is 8.06. The van der Waals surface area contributed by atoms with Crippen LogP contribution >= 0.6 is 0 Å². The molecule has 0 spiro atoms. The summed E-state index contributed by atoms with van der Waals surface area (Å²) in [6.45, 7) is 1.91. The maximum atomic E-state index is 11.6. The molecule has 11 heavy (non-hydrogen) atoms. The Balaban J connectivity index is 2.04. The molecule has 0 saturated heterocycles. The lowest BCUT2D eigenvalue weighted by Crippen LogP contribution is -2.47. The van der Waals surface area contributed by atoms with Gasteiger partial charge in [-0.2, -0.15) is 0 Å². The van der Waals surface area contributed by atoms with Gasteiger partial charge in [-0.1, -0.05) is 0 Å². The standard InChI is InChI=1S/C9H15NO/c1-9(10,7-4-5-7)8(11)6-2-3-6/h6-7H,2-5,10H2,1H3. The first-order chi connectivity index (χ1) is 5.12. The van der Waals surface area contributed by atoms with Crippen LogP contribution < -0.4 is 5.73 Å². The average Bonchev–Trinajstić information content (AvgIpc) is 2.79. The first-order valence-corrected chi connectivity index (χ1v) is 4.45. The van der Waals surface area contributed by atoms with Gasteiger partial charge in [0.05, 0.1) is 5.54 Å². The van der Waals surface area contributed by atoms with Crippen molar-refractivity contribution < 1.29 is 4.79 Å². The van der Waals surface area contributed by atoms with Crippen molar-refractivity contribution >= 4 is 5.78 Å². The highest BCUT2D eigenvalue weighted by Crippen LogP contribution is 2.43. The molecule has 0 aliphatic heterocycles. The van der Waals surface area contributed by atoms with Gasteiger partial charge in [0.2, 0.25) is 0 Å². The van der Waals surface area contributed by atoms with Crippen LogP contribution in [-0.2, 0) is 4.79 Å². The van der Waals surface area contributed by atoms with Gasteiger partial charge in [-0.05, 0) is 38.5 Å². The first-order valence-electron chi connectivity index (χ1n) is 4.45. The van der Waals surface area contributed by atoms with Crippen molar-refractivity contribution in [1.29, 1.82) is 0 Å². The van der Waals surface area contributed by atoms with Gasteiger partial charge in [-0.15, -0.1) is 0 Å². The van der Waals surface area contributed by atoms with Crippen LogP contribution in [0, 0.1) is 11.8 Å². The summed E-state index contributed by atoms with van der Waals surface area (Å²) in [5, 5.41) is 0. The Hall–Kier alpha value is -0.370. The van der Waals surface area contributed by atoms with Crippen LogP contribution in [0.1, 0.15) is 32.6 Å². The SMILES string of the molecule is CC(N)(C(=O)C1CC1)C1CC1. The molecule has 0 aromatic carbocycles. The minimum atomic E-state index is -0.485. The highest BCUT2D eigenvalue weighted by Gasteiger charge is 2.48. The van der Waals surface area contributed by atoms with E-state index in [0.29, 0.717) is 17.6 Å². The van der Waals surface area contributed by atoms with Crippen LogP contribution in [0.15, 0.2) is 0 Å². The molecule has 2 fully saturated rings. The largest absolute Gasteiger partial charge is 0.319 e. The minimum Gasteiger partial charge on any atom is -0.319 e. The van der Waals surface area contributed by atoms with Gasteiger partial charge < -0.3 is 5.73 Å². The average molecular weight is 153 g/mol. The van der Waals surface area contributed by atoms with E-state index >= 15 is 0 Å². The Labute approximate surface area is 67.1 Å². The van der Waals surface area contributed by atoms with Gasteiger partial charge in [0, 0.05) is 5.92 Å². The molecule has 0 aromatic rings. The van der Waals surface area contributed by atoms with Crippen LogP contribution in [0.2, 0.25) is 0 Å². The van der Waals surface area contributed by atoms with Gasteiger partial charge in [-0.3, -0.25) is 4.79 Å². The predicted octanol–water partition coefficient (Wildman–Crippen LogP) is 1.09. The molecule has 62 valence electrons. The molecule has 2 aliphatic carbocycles. The van der Waals surface area contributed by atoms with Crippen LogP contribution in [-0.4, -0.2) is 11.3 Å². The highest BCUT2D eigenvalue weighted by molar-refractivity contribution is 5.92. The third-order valence-corrected chi connectivity index (χ3v) is 2.90. The molecule has 0 radical (unpaired) electrons. The number of carbonyl (C=O) groups is 1. The summed E-state index contributed by atoms with van der Waals surface area (Å²) < 4.78 is 0. The van der Waals surface area contributed by atoms with Gasteiger partial charge in [0.25, 0.3) is 0 Å². The molecule has 2 saturated carbocycles. The molecule has 1 atom stereocenters. The van der Waals surface area contributed by atoms with Crippen LogP contribution in [0.5, 0.6) is 0 Å². The summed E-state index contributed by atoms with van der Waals surface area (Å²) in [5.74, 6) is 1.14. The summed E-state index contributed by atoms with van der Waals surface area (Å²) in [6, 6.07) is 0. The normalized spacial score (nSPS) is 29.6. The van der Waals surface area contributed by atoms with Gasteiger partial charge in [-0.25, -0.2) is 0 Å². The number of carbonyl (C=O) groups excluding carboxylic acids is 1. The maximum absolute atomic E-state index is 11.6. The smallest absolute Gasteiger partial charge is 0.155 e. The molecule has 2 rings (SSSR count). The first kappa shape index (κ1) is 7.29. The maximum Gasteiger partial charge on any atom is 0.155 e. The second-order valence-electron chi connectivity index (χ2n) is 4.20. The molecule has 2 N–H and O–H groups in total. The number of Topliss-reactive ketones (excluding diaryl/α,β-unsaturated/α-hetero) is 1. The van der Waals surface area contributed by atoms with E-state index in [9.17, 15) is 4.79 Å². The molecule has 2 nitrogen and oxygen atoms in total. The van der Waals surface area contributed by atoms with E-state index in [1.165, 1.54) is 0 Å². The van der Waals surface area contributed by atoms with Crippen LogP contribution in [0.4, 0.5) is 0 Å². The fourth-order valence-corrected chi connectivity index (χ4v) is 1.67. The summed E-state index contributed by atoms with van der Waals surface area (Å²) in [4.78, 5) is 11.6. The summed E-state index contributed by atoms with van der Waals surface area (Å²) in [6.07, 6.45) is 4.48. The van der Waals surface area contributed by atoms with E-state index in [1.54, 1.807) is 0 Å². The number of nitrogens with two attached hydrogens (primary N) is 1. The Morgan fingerprint density at radius 3 is 2.27 bits per heavy atom. The van der Waals surface area contributed by atoms with Crippen molar-refractivity contribution in [3.05, 3.63) is 0 Å². The van der Waals surface area contributed by atoms with E-state index in [4.69, 9.17) is 5.73 Å². The quantitative estimate of drug-likeness (QED) is 0.659. The lowest BCUT2D eigenvalue weighted by atomic mass is 9.89. The topological polar surface area (TPSA) is 43.1 Å². The molecule has 2 heteroatoms. The van der Waals surface area contributed by atoms with Gasteiger partial charge in [0.15, 0.2) is 5.78 Å². The molecule has 0 heterocycles. The highest BCUT2D eigenvalue weighted by atomic mass is 16.1. The van der Waals surface area contributed by atoms with Crippen molar-refractivity contribution in [2.75, 3.05) is 0 Å². The molecular weight excluding hydrogens is 138 g/mol. The van der Waals surface area contributed by atoms with Crippen LogP contribution in [0.25, 0.3) is 0 Å². The van der Waals surface area contributed by atoms with E-state index in [-0.39, 0.29) is 0 Å². The summed E-state index contributed by atoms with van der Waals surface area (Å²) >= 11 is 0. The molecule has 2 aliphatic rings. The lowest BCUT2D eigenvalue weighted by molar-refractivity contribution is -0.125. The van der Waals surface area contributed by atoms with Crippen LogP contribution in [0.3, 0.4) is 0 Å². The van der Waals surface area contributed by atoms with Crippen molar-refractivity contribution in [2.24, 2.45) is 17.6 Å². The zero-order valence-corrected chi connectivity index (χ0v) is 6.97. The Bertz CT molecular complexity index is 190. The minimum absolute atomic E-state index is 0.319. The van der Waals surface area contributed by atoms with Crippen molar-refractivity contribution in [3.8, 4) is 0 Å². The molecule has 0 aromatic heterocycles. The second-order valence-corrected chi connectivity index (χ2v) is 4.20. The third-order valence-electron chi connectivity index (χ3n) is 2.90. The Morgan fingerprint density at radius 2 is 1.91 bits per heavy atom. The van der Waals surface area contributed by atoms with E-state index in [2.05, 4.69) is 0 Å². The Morgan fingerprint density at radius 1 is 1.36 bits per heavy atom. The van der Waals surface area contributed by atoms with Crippen molar-refractivity contribution in [3.63, 3.8) is 0 Å². The van der Waals surface area contributed by atoms with E-state index in [1.807, 2.05) is 6.92 Å². The fourth-order valence-electron chi connectivity index (χ4n) is 1.67. The van der Waals surface area contributed by atoms with Crippen molar-refractivity contribution in [1.82, 2.24) is 0 Å². The number of rotatable bonds is 3. The molecule has 1 unspecified atom stereocenters. The predicted molar refractivity (Wildman–Crippen MR) is 43.0 cm³/mol. The van der Waals surface area contributed by atoms with E-state index < -0.39 is 5.54 Å². The summed E-state index contributed by atoms with van der Waals surface area (Å²) in [7, 11) is 0. The van der Waals surface area contributed by atoms with E-state index in [0.717, 1.165) is 25.7 Å². The monoisotopic (exact) mass is 153 g/mol. The number of hydrogen-bond donors (Lipinski definition) is 1. The summed E-state index contributed by atoms with van der Waals surface area (Å²) in [5.41, 5.74) is 5.47.